The lowest BCUT2D eigenvalue weighted by Crippen LogP contribution is -2.47. The van der Waals surface area contributed by atoms with E-state index in [9.17, 15) is 5.11 Å². The number of nitriles is 2. The molecule has 4 aromatic carbocycles. The Labute approximate surface area is 347 Å². The van der Waals surface area contributed by atoms with Gasteiger partial charge >= 0.3 is 0 Å². The van der Waals surface area contributed by atoms with Gasteiger partial charge in [-0.25, -0.2) is 0 Å². The summed E-state index contributed by atoms with van der Waals surface area (Å²) in [5.41, 5.74) is 10.5. The SMILES string of the molecule is CC(C)[Si](OCc1ccc(C(O)c2cccc(C#N)c2)cc1)(C(C)C)C(C)C.COC(c1ccc(CO[Si](C(C)C)(C(C)C)C(C)C)cc1)c1cccc(C#N)c1. The van der Waals surface area contributed by atoms with Crippen molar-refractivity contribution in [2.45, 2.75) is 142 Å². The molecule has 0 heterocycles. The van der Waals surface area contributed by atoms with E-state index in [2.05, 4.69) is 119 Å². The zero-order chi connectivity index (χ0) is 42.5. The van der Waals surface area contributed by atoms with Crippen molar-refractivity contribution in [3.05, 3.63) is 142 Å². The summed E-state index contributed by atoms with van der Waals surface area (Å²) in [5, 5.41) is 28.9. The molecule has 306 valence electrons. The van der Waals surface area contributed by atoms with Gasteiger partial charge in [0.05, 0.1) is 36.5 Å². The molecule has 2 atom stereocenters. The molecule has 0 aliphatic heterocycles. The summed E-state index contributed by atoms with van der Waals surface area (Å²) >= 11 is 0. The minimum absolute atomic E-state index is 0.186. The smallest absolute Gasteiger partial charge is 0.200 e. The second kappa shape index (κ2) is 21.8. The number of benzene rings is 4. The Morgan fingerprint density at radius 1 is 0.491 bits per heavy atom. The largest absolute Gasteiger partial charge is 0.412 e. The molecule has 0 bridgehead atoms. The maximum atomic E-state index is 10.6. The van der Waals surface area contributed by atoms with Crippen LogP contribution in [0.5, 0.6) is 0 Å². The quantitative estimate of drug-likeness (QED) is 0.107. The van der Waals surface area contributed by atoms with Crippen molar-refractivity contribution in [2.24, 2.45) is 0 Å². The van der Waals surface area contributed by atoms with Gasteiger partial charge in [0.15, 0.2) is 0 Å². The van der Waals surface area contributed by atoms with Gasteiger partial charge in [-0.15, -0.1) is 0 Å². The maximum Gasteiger partial charge on any atom is 0.200 e. The van der Waals surface area contributed by atoms with E-state index in [4.69, 9.17) is 24.1 Å². The van der Waals surface area contributed by atoms with Crippen LogP contribution in [0.3, 0.4) is 0 Å². The summed E-state index contributed by atoms with van der Waals surface area (Å²) in [6.07, 6.45) is -0.924. The molecular formula is C49H68N2O4Si2. The highest BCUT2D eigenvalue weighted by Crippen LogP contribution is 2.44. The van der Waals surface area contributed by atoms with Crippen LogP contribution in [-0.2, 0) is 26.8 Å². The van der Waals surface area contributed by atoms with Crippen molar-refractivity contribution in [2.75, 3.05) is 7.11 Å². The van der Waals surface area contributed by atoms with Crippen molar-refractivity contribution in [1.29, 1.82) is 10.5 Å². The van der Waals surface area contributed by atoms with Gasteiger partial charge in [0.25, 0.3) is 0 Å². The monoisotopic (exact) mass is 804 g/mol. The van der Waals surface area contributed by atoms with Crippen LogP contribution in [0, 0.1) is 22.7 Å². The standard InChI is InChI=1S/C25H35NO2Si.C24H33NO2Si/c1-18(2)29(19(3)4,20(5)6)28-17-21-11-13-23(14-12-21)25(27-7)24-10-8-9-22(15-24)16-26;1-17(2)28(18(3)4,19(5)6)27-16-20-10-12-22(13-11-20)24(26)23-9-7-8-21(14-23)15-25/h8-15,18-20,25H,17H2,1-7H3;7-14,17-19,24,26H,16H2,1-6H3. The Morgan fingerprint density at radius 2 is 0.842 bits per heavy atom. The van der Waals surface area contributed by atoms with Crippen LogP contribution >= 0.6 is 0 Å². The molecule has 6 nitrogen and oxygen atoms in total. The second-order valence-corrected chi connectivity index (χ2v) is 28.1. The molecule has 0 fully saturated rings. The van der Waals surface area contributed by atoms with E-state index in [-0.39, 0.29) is 6.10 Å². The summed E-state index contributed by atoms with van der Waals surface area (Å²) < 4.78 is 19.1. The molecule has 0 saturated carbocycles. The molecule has 0 aromatic heterocycles. The molecule has 0 saturated heterocycles. The average molecular weight is 805 g/mol. The number of hydrogen-bond acceptors (Lipinski definition) is 6. The third kappa shape index (κ3) is 11.6. The van der Waals surface area contributed by atoms with Crippen LogP contribution in [-0.4, -0.2) is 28.9 Å². The predicted molar refractivity (Wildman–Crippen MR) is 240 cm³/mol. The Morgan fingerprint density at radius 3 is 1.19 bits per heavy atom. The molecule has 4 aromatic rings. The van der Waals surface area contributed by atoms with Crippen LogP contribution < -0.4 is 0 Å². The molecule has 1 N–H and O–H groups in total. The Hall–Kier alpha value is -3.87. The first kappa shape index (κ1) is 47.5. The van der Waals surface area contributed by atoms with Crippen molar-refractivity contribution < 1.29 is 18.7 Å². The fourth-order valence-corrected chi connectivity index (χ4v) is 20.0. The minimum Gasteiger partial charge on any atom is -0.412 e. The fourth-order valence-electron chi connectivity index (χ4n) is 9.21. The van der Waals surface area contributed by atoms with Crippen molar-refractivity contribution in [1.82, 2.24) is 0 Å². The first-order valence-corrected chi connectivity index (χ1v) is 24.9. The molecule has 0 aliphatic carbocycles. The second-order valence-electron chi connectivity index (χ2n) is 17.2. The lowest BCUT2D eigenvalue weighted by atomic mass is 9.99. The van der Waals surface area contributed by atoms with E-state index in [1.807, 2.05) is 54.6 Å². The van der Waals surface area contributed by atoms with Crippen LogP contribution in [0.15, 0.2) is 97.1 Å². The average Bonchev–Trinajstić information content (AvgIpc) is 3.18. The summed E-state index contributed by atoms with van der Waals surface area (Å²) in [5.74, 6) is 0. The van der Waals surface area contributed by atoms with Gasteiger partial charge in [-0.1, -0.05) is 156 Å². The van der Waals surface area contributed by atoms with Crippen LogP contribution in [0.2, 0.25) is 33.2 Å². The van der Waals surface area contributed by atoms with Gasteiger partial charge in [0.1, 0.15) is 12.2 Å². The van der Waals surface area contributed by atoms with Gasteiger partial charge in [-0.2, -0.15) is 10.5 Å². The first-order chi connectivity index (χ1) is 27.0. The predicted octanol–water partition coefficient (Wildman–Crippen LogP) is 13.3. The van der Waals surface area contributed by atoms with Crippen LogP contribution in [0.1, 0.15) is 140 Å². The number of ether oxygens (including phenoxy) is 1. The third-order valence-corrected chi connectivity index (χ3v) is 24.0. The lowest BCUT2D eigenvalue weighted by Gasteiger charge is -2.42. The highest BCUT2D eigenvalue weighted by molar-refractivity contribution is 6.78. The number of aliphatic hydroxyl groups excluding tert-OH is 1. The number of hydrogen-bond donors (Lipinski definition) is 1. The number of rotatable bonds is 17. The zero-order valence-corrected chi connectivity index (χ0v) is 38.8. The molecule has 4 rings (SSSR count). The van der Waals surface area contributed by atoms with E-state index >= 15 is 0 Å². The summed E-state index contributed by atoms with van der Waals surface area (Å²) in [7, 11) is -2.06. The topological polar surface area (TPSA) is 95.5 Å². The molecule has 0 spiro atoms. The molecule has 2 unspecified atom stereocenters. The Kier molecular flexibility index (Phi) is 18.1. The van der Waals surface area contributed by atoms with Crippen molar-refractivity contribution >= 4 is 16.6 Å². The highest BCUT2D eigenvalue weighted by Gasteiger charge is 2.46. The minimum atomic E-state index is -1.89. The third-order valence-electron chi connectivity index (χ3n) is 11.9. The zero-order valence-electron chi connectivity index (χ0n) is 36.8. The van der Waals surface area contributed by atoms with E-state index < -0.39 is 22.7 Å². The van der Waals surface area contributed by atoms with E-state index in [1.165, 1.54) is 5.56 Å². The fraction of sp³-hybridized carbons (Fsp3) is 0.469. The first-order valence-electron chi connectivity index (χ1n) is 20.6. The molecule has 0 aliphatic rings. The van der Waals surface area contributed by atoms with Gasteiger partial charge in [0.2, 0.25) is 16.6 Å². The normalized spacial score (nSPS) is 13.2. The summed E-state index contributed by atoms with van der Waals surface area (Å²) in [4.78, 5) is 0. The van der Waals surface area contributed by atoms with Gasteiger partial charge in [-0.05, 0) is 90.9 Å². The van der Waals surface area contributed by atoms with Gasteiger partial charge in [-0.3, -0.25) is 0 Å². The lowest BCUT2D eigenvalue weighted by molar-refractivity contribution is 0.136. The van der Waals surface area contributed by atoms with E-state index in [0.29, 0.717) is 57.6 Å². The number of nitrogens with zero attached hydrogens (tertiary/aromatic N) is 2. The Balaban J connectivity index is 0.000000306. The molecule has 8 heteroatoms. The number of aliphatic hydroxyl groups is 1. The maximum absolute atomic E-state index is 10.6. The van der Waals surface area contributed by atoms with E-state index in [1.54, 1.807) is 25.3 Å². The van der Waals surface area contributed by atoms with Gasteiger partial charge in [0, 0.05) is 7.11 Å². The van der Waals surface area contributed by atoms with Crippen molar-refractivity contribution in [3.63, 3.8) is 0 Å². The molecular weight excluding hydrogens is 737 g/mol. The number of methoxy groups -OCH3 is 1. The van der Waals surface area contributed by atoms with E-state index in [0.717, 1.165) is 27.8 Å². The van der Waals surface area contributed by atoms with Crippen LogP contribution in [0.25, 0.3) is 0 Å². The molecule has 57 heavy (non-hydrogen) atoms. The Bertz CT molecular complexity index is 1860. The van der Waals surface area contributed by atoms with Crippen LogP contribution in [0.4, 0.5) is 0 Å². The molecule has 0 radical (unpaired) electrons. The summed E-state index contributed by atoms with van der Waals surface area (Å²) in [6.45, 7) is 28.9. The summed E-state index contributed by atoms with van der Waals surface area (Å²) in [6, 6.07) is 35.5. The highest BCUT2D eigenvalue weighted by atomic mass is 28.4. The van der Waals surface area contributed by atoms with Gasteiger partial charge < -0.3 is 18.7 Å². The van der Waals surface area contributed by atoms with Crippen molar-refractivity contribution in [3.8, 4) is 12.1 Å². The molecule has 0 amide bonds.